The molecule has 0 radical (unpaired) electrons. The number of aliphatic hydroxyl groups excluding tert-OH is 1. The number of ether oxygens (including phenoxy) is 2. The molecule has 2 rings (SSSR count). The third kappa shape index (κ3) is 3.61. The molecule has 4 nitrogen and oxygen atoms in total. The van der Waals surface area contributed by atoms with Gasteiger partial charge in [-0.2, -0.15) is 0 Å². The highest BCUT2D eigenvalue weighted by Gasteiger charge is 2.23. The van der Waals surface area contributed by atoms with E-state index < -0.39 is 0 Å². The maximum Gasteiger partial charge on any atom is 0.231 e. The van der Waals surface area contributed by atoms with Gasteiger partial charge in [-0.05, 0) is 29.5 Å². The van der Waals surface area contributed by atoms with E-state index in [2.05, 4.69) is 26.1 Å². The molecule has 1 aromatic rings. The van der Waals surface area contributed by atoms with Crippen molar-refractivity contribution in [2.24, 2.45) is 5.41 Å². The quantitative estimate of drug-likeness (QED) is 0.857. The molecule has 1 heterocycles. The second-order valence-corrected chi connectivity index (χ2v) is 6.00. The van der Waals surface area contributed by atoms with Gasteiger partial charge in [-0.15, -0.1) is 0 Å². The fourth-order valence-corrected chi connectivity index (χ4v) is 2.26. The Bertz CT molecular complexity index is 426. The fraction of sp³-hybridized carbons (Fsp3) is 0.600. The zero-order valence-corrected chi connectivity index (χ0v) is 11.9. The Kier molecular flexibility index (Phi) is 4.32. The van der Waals surface area contributed by atoms with E-state index >= 15 is 0 Å². The van der Waals surface area contributed by atoms with E-state index in [1.807, 2.05) is 18.2 Å². The highest BCUT2D eigenvalue weighted by atomic mass is 16.7. The predicted octanol–water partition coefficient (Wildman–Crippen LogP) is 2.30. The second-order valence-electron chi connectivity index (χ2n) is 6.00. The lowest BCUT2D eigenvalue weighted by atomic mass is 9.85. The summed E-state index contributed by atoms with van der Waals surface area (Å²) < 4.78 is 10.7. The summed E-state index contributed by atoms with van der Waals surface area (Å²) >= 11 is 0. The first kappa shape index (κ1) is 14.2. The van der Waals surface area contributed by atoms with Crippen LogP contribution in [-0.2, 0) is 6.54 Å². The maximum absolute atomic E-state index is 9.15. The molecule has 4 heteroatoms. The van der Waals surface area contributed by atoms with Crippen molar-refractivity contribution in [3.63, 3.8) is 0 Å². The summed E-state index contributed by atoms with van der Waals surface area (Å²) in [5.41, 5.74) is 1.29. The van der Waals surface area contributed by atoms with Gasteiger partial charge in [-0.1, -0.05) is 26.8 Å². The summed E-state index contributed by atoms with van der Waals surface area (Å²) in [5, 5.41) is 12.7. The molecule has 1 aliphatic rings. The monoisotopic (exact) mass is 265 g/mol. The van der Waals surface area contributed by atoms with Crippen LogP contribution in [0.25, 0.3) is 0 Å². The minimum Gasteiger partial charge on any atom is -0.454 e. The molecule has 19 heavy (non-hydrogen) atoms. The van der Waals surface area contributed by atoms with E-state index in [9.17, 15) is 0 Å². The Hall–Kier alpha value is -1.26. The largest absolute Gasteiger partial charge is 0.454 e. The summed E-state index contributed by atoms with van der Waals surface area (Å²) in [4.78, 5) is 0. The third-order valence-corrected chi connectivity index (χ3v) is 3.45. The summed E-state index contributed by atoms with van der Waals surface area (Å²) in [6.45, 7) is 7.82. The van der Waals surface area contributed by atoms with Gasteiger partial charge in [0.2, 0.25) is 6.79 Å². The summed E-state index contributed by atoms with van der Waals surface area (Å²) in [5.74, 6) is 1.63. The van der Waals surface area contributed by atoms with Crippen molar-refractivity contribution in [2.75, 3.05) is 13.4 Å². The zero-order valence-electron chi connectivity index (χ0n) is 11.9. The van der Waals surface area contributed by atoms with Gasteiger partial charge < -0.3 is 19.9 Å². The first-order chi connectivity index (χ1) is 9.00. The van der Waals surface area contributed by atoms with Crippen LogP contribution in [0.3, 0.4) is 0 Å². The van der Waals surface area contributed by atoms with Gasteiger partial charge in [-0.3, -0.25) is 0 Å². The molecule has 0 aliphatic carbocycles. The highest BCUT2D eigenvalue weighted by molar-refractivity contribution is 5.44. The van der Waals surface area contributed by atoms with Crippen LogP contribution in [-0.4, -0.2) is 24.5 Å². The Morgan fingerprint density at radius 3 is 2.68 bits per heavy atom. The third-order valence-electron chi connectivity index (χ3n) is 3.45. The van der Waals surface area contributed by atoms with Crippen LogP contribution in [0.4, 0.5) is 0 Å². The molecule has 1 aromatic carbocycles. The molecule has 0 amide bonds. The van der Waals surface area contributed by atoms with Crippen molar-refractivity contribution in [1.29, 1.82) is 0 Å². The number of nitrogens with one attached hydrogen (secondary N) is 1. The molecule has 0 saturated heterocycles. The van der Waals surface area contributed by atoms with E-state index in [1.165, 1.54) is 0 Å². The van der Waals surface area contributed by atoms with Crippen molar-refractivity contribution in [3.05, 3.63) is 23.8 Å². The average molecular weight is 265 g/mol. The summed E-state index contributed by atoms with van der Waals surface area (Å²) in [6, 6.07) is 6.27. The number of hydrogen-bond donors (Lipinski definition) is 2. The van der Waals surface area contributed by atoms with Gasteiger partial charge in [-0.25, -0.2) is 0 Å². The van der Waals surface area contributed by atoms with Crippen molar-refractivity contribution in [2.45, 2.75) is 39.8 Å². The average Bonchev–Trinajstić information content (AvgIpc) is 2.80. The lowest BCUT2D eigenvalue weighted by Crippen LogP contribution is -2.40. The molecule has 0 aromatic heterocycles. The van der Waals surface area contributed by atoms with Gasteiger partial charge in [0.1, 0.15) is 0 Å². The molecule has 106 valence electrons. The van der Waals surface area contributed by atoms with Gasteiger partial charge in [0.25, 0.3) is 0 Å². The minimum atomic E-state index is 0.124. The lowest BCUT2D eigenvalue weighted by molar-refractivity contribution is 0.174. The van der Waals surface area contributed by atoms with E-state index in [0.29, 0.717) is 6.79 Å². The molecule has 0 fully saturated rings. The van der Waals surface area contributed by atoms with Gasteiger partial charge in [0, 0.05) is 19.2 Å². The molecular weight excluding hydrogens is 242 g/mol. The van der Waals surface area contributed by atoms with E-state index in [-0.39, 0.29) is 18.1 Å². The maximum atomic E-state index is 9.15. The van der Waals surface area contributed by atoms with Crippen LogP contribution < -0.4 is 14.8 Å². The fourth-order valence-electron chi connectivity index (χ4n) is 2.26. The molecule has 1 atom stereocenters. The number of aliphatic hydroxyl groups is 1. The van der Waals surface area contributed by atoms with E-state index in [1.54, 1.807) is 0 Å². The molecule has 2 N–H and O–H groups in total. The van der Waals surface area contributed by atoms with Crippen LogP contribution in [0.5, 0.6) is 11.5 Å². The van der Waals surface area contributed by atoms with Crippen LogP contribution >= 0.6 is 0 Å². The number of rotatable bonds is 5. The molecular formula is C15H23NO3. The van der Waals surface area contributed by atoms with Crippen molar-refractivity contribution < 1.29 is 14.6 Å². The standard InChI is InChI=1S/C15H23NO3/c1-15(2,3)14(6-7-17)16-9-11-4-5-12-13(8-11)19-10-18-12/h4-5,8,14,16-17H,6-7,9-10H2,1-3H3. The Labute approximate surface area is 114 Å². The lowest BCUT2D eigenvalue weighted by Gasteiger charge is -2.31. The topological polar surface area (TPSA) is 50.7 Å². The Morgan fingerprint density at radius 1 is 1.26 bits per heavy atom. The van der Waals surface area contributed by atoms with E-state index in [4.69, 9.17) is 14.6 Å². The van der Waals surface area contributed by atoms with Crippen LogP contribution in [0.2, 0.25) is 0 Å². The molecule has 0 bridgehead atoms. The first-order valence-electron chi connectivity index (χ1n) is 6.73. The Morgan fingerprint density at radius 2 is 2.00 bits per heavy atom. The first-order valence-corrected chi connectivity index (χ1v) is 6.73. The van der Waals surface area contributed by atoms with Crippen LogP contribution in [0.15, 0.2) is 18.2 Å². The minimum absolute atomic E-state index is 0.124. The van der Waals surface area contributed by atoms with Gasteiger partial charge >= 0.3 is 0 Å². The second kappa shape index (κ2) is 5.80. The predicted molar refractivity (Wildman–Crippen MR) is 74.4 cm³/mol. The van der Waals surface area contributed by atoms with E-state index in [0.717, 1.165) is 30.0 Å². The molecule has 1 unspecified atom stereocenters. The van der Waals surface area contributed by atoms with Crippen molar-refractivity contribution in [3.8, 4) is 11.5 Å². The molecule has 0 saturated carbocycles. The van der Waals surface area contributed by atoms with Crippen LogP contribution in [0, 0.1) is 5.41 Å². The highest BCUT2D eigenvalue weighted by Crippen LogP contribution is 2.32. The molecule has 0 spiro atoms. The van der Waals surface area contributed by atoms with Crippen LogP contribution in [0.1, 0.15) is 32.8 Å². The van der Waals surface area contributed by atoms with Gasteiger partial charge in [0.05, 0.1) is 0 Å². The number of benzene rings is 1. The SMILES string of the molecule is CC(C)(C)C(CCO)NCc1ccc2c(c1)OCO2. The molecule has 1 aliphatic heterocycles. The smallest absolute Gasteiger partial charge is 0.231 e. The van der Waals surface area contributed by atoms with Crippen molar-refractivity contribution in [1.82, 2.24) is 5.32 Å². The number of fused-ring (bicyclic) bond motifs is 1. The normalized spacial score (nSPS) is 15.6. The summed E-state index contributed by atoms with van der Waals surface area (Å²) in [7, 11) is 0. The van der Waals surface area contributed by atoms with Gasteiger partial charge in [0.15, 0.2) is 11.5 Å². The Balaban J connectivity index is 1.97. The zero-order chi connectivity index (χ0) is 13.9. The summed E-state index contributed by atoms with van der Waals surface area (Å²) in [6.07, 6.45) is 0.758. The van der Waals surface area contributed by atoms with Crippen molar-refractivity contribution >= 4 is 0 Å². The number of hydrogen-bond acceptors (Lipinski definition) is 4.